The molecule has 110 valence electrons. The van der Waals surface area contributed by atoms with Crippen LogP contribution in [0.4, 0.5) is 0 Å². The van der Waals surface area contributed by atoms with E-state index in [4.69, 9.17) is 5.26 Å². The Labute approximate surface area is 123 Å². The van der Waals surface area contributed by atoms with Gasteiger partial charge in [-0.05, 0) is 56.8 Å². The summed E-state index contributed by atoms with van der Waals surface area (Å²) in [7, 11) is 0. The van der Waals surface area contributed by atoms with Gasteiger partial charge in [-0.3, -0.25) is 0 Å². The lowest BCUT2D eigenvalue weighted by molar-refractivity contribution is 0.0437. The van der Waals surface area contributed by atoms with Crippen LogP contribution < -0.4 is 0 Å². The Morgan fingerprint density at radius 2 is 2.30 bits per heavy atom. The van der Waals surface area contributed by atoms with E-state index in [1.807, 2.05) is 0 Å². The number of hydrogen-bond donors (Lipinski definition) is 1. The SMILES string of the molecule is C=C(C)[C@@H]1CC[C@@]2(CO)CCCC=C2[C@@]1(C)CCC#N. The Morgan fingerprint density at radius 3 is 2.90 bits per heavy atom. The number of hydrogen-bond acceptors (Lipinski definition) is 2. The average molecular weight is 273 g/mol. The van der Waals surface area contributed by atoms with E-state index < -0.39 is 0 Å². The van der Waals surface area contributed by atoms with E-state index in [2.05, 4.69) is 32.6 Å². The summed E-state index contributed by atoms with van der Waals surface area (Å²) in [6.07, 6.45) is 9.38. The van der Waals surface area contributed by atoms with Gasteiger partial charge in [0.15, 0.2) is 0 Å². The molecule has 2 aliphatic carbocycles. The molecular formula is C18H27NO. The van der Waals surface area contributed by atoms with Crippen LogP contribution >= 0.6 is 0 Å². The largest absolute Gasteiger partial charge is 0.395 e. The molecule has 0 radical (unpaired) electrons. The molecule has 0 saturated heterocycles. The molecule has 0 aliphatic heterocycles. The number of aliphatic hydroxyl groups excluding tert-OH is 1. The number of rotatable bonds is 4. The van der Waals surface area contributed by atoms with E-state index in [0.717, 1.165) is 32.1 Å². The molecule has 0 bridgehead atoms. The highest BCUT2D eigenvalue weighted by Crippen LogP contribution is 2.60. The van der Waals surface area contributed by atoms with E-state index >= 15 is 0 Å². The zero-order valence-electron chi connectivity index (χ0n) is 12.9. The lowest BCUT2D eigenvalue weighted by Crippen LogP contribution is -2.46. The third-order valence-corrected chi connectivity index (χ3v) is 5.73. The molecule has 0 unspecified atom stereocenters. The average Bonchev–Trinajstić information content (AvgIpc) is 2.45. The second kappa shape index (κ2) is 5.74. The highest BCUT2D eigenvalue weighted by molar-refractivity contribution is 5.32. The molecule has 2 aliphatic rings. The summed E-state index contributed by atoms with van der Waals surface area (Å²) in [5.41, 5.74) is 2.63. The van der Waals surface area contributed by atoms with Crippen molar-refractivity contribution < 1.29 is 5.11 Å². The van der Waals surface area contributed by atoms with Crippen molar-refractivity contribution in [2.75, 3.05) is 6.61 Å². The quantitative estimate of drug-likeness (QED) is 0.773. The van der Waals surface area contributed by atoms with Gasteiger partial charge in [0.25, 0.3) is 0 Å². The van der Waals surface area contributed by atoms with Crippen molar-refractivity contribution in [3.63, 3.8) is 0 Å². The van der Waals surface area contributed by atoms with Crippen LogP contribution in [0.1, 0.15) is 58.8 Å². The van der Waals surface area contributed by atoms with Gasteiger partial charge in [-0.15, -0.1) is 0 Å². The molecule has 0 heterocycles. The third-order valence-electron chi connectivity index (χ3n) is 5.73. The summed E-state index contributed by atoms with van der Waals surface area (Å²) in [4.78, 5) is 0. The lowest BCUT2D eigenvalue weighted by atomic mass is 9.50. The molecule has 20 heavy (non-hydrogen) atoms. The predicted octanol–water partition coefficient (Wildman–Crippen LogP) is 4.37. The first kappa shape index (κ1) is 15.3. The fourth-order valence-electron chi connectivity index (χ4n) is 4.72. The van der Waals surface area contributed by atoms with E-state index in [0.29, 0.717) is 12.3 Å². The van der Waals surface area contributed by atoms with E-state index in [9.17, 15) is 5.11 Å². The minimum absolute atomic E-state index is 0.00294. The second-order valence-corrected chi connectivity index (χ2v) is 6.96. The molecule has 1 fully saturated rings. The Morgan fingerprint density at radius 1 is 1.55 bits per heavy atom. The minimum Gasteiger partial charge on any atom is -0.395 e. The highest BCUT2D eigenvalue weighted by atomic mass is 16.3. The van der Waals surface area contributed by atoms with Crippen LogP contribution in [-0.2, 0) is 0 Å². The van der Waals surface area contributed by atoms with Crippen molar-refractivity contribution in [1.82, 2.24) is 0 Å². The van der Waals surface area contributed by atoms with E-state index in [1.54, 1.807) is 0 Å². The number of nitriles is 1. The number of aliphatic hydroxyl groups is 1. The summed E-state index contributed by atoms with van der Waals surface area (Å²) >= 11 is 0. The second-order valence-electron chi connectivity index (χ2n) is 6.96. The Kier molecular flexibility index (Phi) is 4.39. The number of nitrogens with zero attached hydrogens (tertiary/aromatic N) is 1. The molecule has 0 amide bonds. The van der Waals surface area contributed by atoms with Gasteiger partial charge < -0.3 is 5.11 Å². The highest BCUT2D eigenvalue weighted by Gasteiger charge is 2.51. The first-order valence-corrected chi connectivity index (χ1v) is 7.84. The van der Waals surface area contributed by atoms with Crippen LogP contribution in [0.3, 0.4) is 0 Å². The fourth-order valence-corrected chi connectivity index (χ4v) is 4.72. The van der Waals surface area contributed by atoms with Gasteiger partial charge in [-0.1, -0.05) is 30.7 Å². The fraction of sp³-hybridized carbons (Fsp3) is 0.722. The normalized spacial score (nSPS) is 36.7. The molecule has 0 aromatic rings. The first-order valence-electron chi connectivity index (χ1n) is 7.84. The third kappa shape index (κ3) is 2.33. The maximum atomic E-state index is 10.0. The summed E-state index contributed by atoms with van der Waals surface area (Å²) in [6.45, 7) is 8.86. The molecule has 0 spiro atoms. The number of allylic oxidation sites excluding steroid dienone is 2. The van der Waals surface area contributed by atoms with Crippen molar-refractivity contribution in [2.24, 2.45) is 16.7 Å². The Bertz CT molecular complexity index is 459. The van der Waals surface area contributed by atoms with E-state index in [1.165, 1.54) is 17.6 Å². The van der Waals surface area contributed by atoms with Crippen molar-refractivity contribution >= 4 is 0 Å². The molecule has 2 rings (SSSR count). The van der Waals surface area contributed by atoms with Gasteiger partial charge >= 0.3 is 0 Å². The maximum Gasteiger partial charge on any atom is 0.0622 e. The predicted molar refractivity (Wildman–Crippen MR) is 81.9 cm³/mol. The Hall–Kier alpha value is -1.07. The molecule has 2 nitrogen and oxygen atoms in total. The van der Waals surface area contributed by atoms with Crippen LogP contribution in [0.5, 0.6) is 0 Å². The number of fused-ring (bicyclic) bond motifs is 1. The van der Waals surface area contributed by atoms with Crippen molar-refractivity contribution in [3.05, 3.63) is 23.8 Å². The van der Waals surface area contributed by atoms with Crippen molar-refractivity contribution in [3.8, 4) is 6.07 Å². The first-order chi connectivity index (χ1) is 9.50. The zero-order valence-corrected chi connectivity index (χ0v) is 12.9. The van der Waals surface area contributed by atoms with Gasteiger partial charge in [0.2, 0.25) is 0 Å². The molecule has 0 aromatic carbocycles. The van der Waals surface area contributed by atoms with E-state index in [-0.39, 0.29) is 17.4 Å². The zero-order chi connectivity index (χ0) is 14.8. The summed E-state index contributed by atoms with van der Waals surface area (Å²) in [5.74, 6) is 0.444. The molecule has 3 atom stereocenters. The van der Waals surface area contributed by atoms with Crippen LogP contribution in [0.25, 0.3) is 0 Å². The summed E-state index contributed by atoms with van der Waals surface area (Å²) < 4.78 is 0. The van der Waals surface area contributed by atoms with Gasteiger partial charge in [0.1, 0.15) is 0 Å². The topological polar surface area (TPSA) is 44.0 Å². The van der Waals surface area contributed by atoms with Gasteiger partial charge in [0, 0.05) is 11.8 Å². The maximum absolute atomic E-state index is 10.0. The molecule has 1 saturated carbocycles. The van der Waals surface area contributed by atoms with Gasteiger partial charge in [0.05, 0.1) is 12.7 Å². The van der Waals surface area contributed by atoms with Crippen molar-refractivity contribution in [2.45, 2.75) is 58.8 Å². The molecular weight excluding hydrogens is 246 g/mol. The van der Waals surface area contributed by atoms with Crippen LogP contribution in [0, 0.1) is 28.1 Å². The standard InChI is InChI=1S/C18H27NO/c1-14(2)15-8-11-18(13-20)10-5-4-7-16(18)17(15,3)9-6-12-19/h7,15,20H,1,4-6,8-11,13H2,2-3H3/t15-,17-,18+/m0/s1. The molecule has 2 heteroatoms. The molecule has 0 aromatic heterocycles. The minimum atomic E-state index is -0.0194. The van der Waals surface area contributed by atoms with Gasteiger partial charge in [-0.2, -0.15) is 5.26 Å². The lowest BCUT2D eigenvalue weighted by Gasteiger charge is -2.55. The monoisotopic (exact) mass is 273 g/mol. The van der Waals surface area contributed by atoms with Crippen LogP contribution in [0.2, 0.25) is 0 Å². The Balaban J connectivity index is 2.45. The van der Waals surface area contributed by atoms with Crippen molar-refractivity contribution in [1.29, 1.82) is 5.26 Å². The molecule has 1 N–H and O–H groups in total. The van der Waals surface area contributed by atoms with Crippen LogP contribution in [-0.4, -0.2) is 11.7 Å². The van der Waals surface area contributed by atoms with Crippen LogP contribution in [0.15, 0.2) is 23.8 Å². The summed E-state index contributed by atoms with van der Waals surface area (Å²) in [6, 6.07) is 2.31. The smallest absolute Gasteiger partial charge is 0.0622 e. The summed E-state index contributed by atoms with van der Waals surface area (Å²) in [5, 5.41) is 19.0. The van der Waals surface area contributed by atoms with Gasteiger partial charge in [-0.25, -0.2) is 0 Å².